The lowest BCUT2D eigenvalue weighted by atomic mass is 10.1. The molecule has 0 saturated carbocycles. The maximum Gasteiger partial charge on any atom is 0.251 e. The number of hydrogen-bond donors (Lipinski definition) is 1. The summed E-state index contributed by atoms with van der Waals surface area (Å²) >= 11 is 6.12. The smallest absolute Gasteiger partial charge is 0.251 e. The first-order valence-electron chi connectivity index (χ1n) is 9.41. The van der Waals surface area contributed by atoms with Gasteiger partial charge in [-0.2, -0.15) is 0 Å². The van der Waals surface area contributed by atoms with E-state index in [0.717, 1.165) is 21.7 Å². The molecular weight excluding hydrogens is 366 g/mol. The van der Waals surface area contributed by atoms with Gasteiger partial charge in [0, 0.05) is 28.3 Å². The normalized spacial score (nSPS) is 9.39. The molecule has 3 aromatic carbocycles. The quantitative estimate of drug-likeness (QED) is 0.566. The van der Waals surface area contributed by atoms with Crippen LogP contribution in [0.5, 0.6) is 0 Å². The standard InChI is InChI=1S/C23H18ClNO.C2H6/c24-22-9-5-4-8-20(22)16-17-25-23(26)21-14-12-19(13-15-21)11-10-18-6-2-1-3-7-18;1-2/h1-9,12-15H,16-17H2,(H,25,26);1-2H3. The minimum absolute atomic E-state index is 0.0976. The molecule has 0 spiro atoms. The Balaban J connectivity index is 0.00000136. The van der Waals surface area contributed by atoms with Gasteiger partial charge in [-0.05, 0) is 54.4 Å². The molecule has 0 aromatic heterocycles. The number of halogens is 1. The summed E-state index contributed by atoms with van der Waals surface area (Å²) in [6, 6.07) is 24.8. The minimum Gasteiger partial charge on any atom is -0.352 e. The van der Waals surface area contributed by atoms with Crippen LogP contribution in [0.2, 0.25) is 5.02 Å². The molecule has 0 fully saturated rings. The van der Waals surface area contributed by atoms with Crippen molar-refractivity contribution in [2.75, 3.05) is 6.54 Å². The van der Waals surface area contributed by atoms with Gasteiger partial charge in [-0.15, -0.1) is 0 Å². The SMILES string of the molecule is CC.O=C(NCCc1ccccc1Cl)c1ccc(C#Cc2ccccc2)cc1. The third-order valence-electron chi connectivity index (χ3n) is 3.91. The van der Waals surface area contributed by atoms with E-state index in [-0.39, 0.29) is 5.91 Å². The second-order valence-electron chi connectivity index (χ2n) is 5.79. The van der Waals surface area contributed by atoms with E-state index in [1.807, 2.05) is 80.6 Å². The molecule has 0 aliphatic carbocycles. The molecule has 0 aliphatic heterocycles. The molecule has 28 heavy (non-hydrogen) atoms. The van der Waals surface area contributed by atoms with Crippen LogP contribution >= 0.6 is 11.6 Å². The predicted octanol–water partition coefficient (Wildman–Crippen LogP) is 5.74. The third kappa shape index (κ3) is 6.61. The molecule has 142 valence electrons. The van der Waals surface area contributed by atoms with Gasteiger partial charge in [0.1, 0.15) is 0 Å². The second kappa shape index (κ2) is 11.6. The maximum absolute atomic E-state index is 12.2. The summed E-state index contributed by atoms with van der Waals surface area (Å²) in [6.07, 6.45) is 0.700. The van der Waals surface area contributed by atoms with Gasteiger partial charge in [0.05, 0.1) is 0 Å². The largest absolute Gasteiger partial charge is 0.352 e. The van der Waals surface area contributed by atoms with E-state index < -0.39 is 0 Å². The number of nitrogens with one attached hydrogen (secondary N) is 1. The molecule has 2 nitrogen and oxygen atoms in total. The third-order valence-corrected chi connectivity index (χ3v) is 4.28. The first kappa shape index (κ1) is 21.3. The molecule has 0 radical (unpaired) electrons. The van der Waals surface area contributed by atoms with E-state index in [1.165, 1.54) is 0 Å². The van der Waals surface area contributed by atoms with Crippen LogP contribution in [-0.2, 0) is 6.42 Å². The highest BCUT2D eigenvalue weighted by Crippen LogP contribution is 2.14. The van der Waals surface area contributed by atoms with Crippen molar-refractivity contribution in [1.29, 1.82) is 0 Å². The number of carbonyl (C=O) groups is 1. The highest BCUT2D eigenvalue weighted by Gasteiger charge is 2.05. The lowest BCUT2D eigenvalue weighted by molar-refractivity contribution is 0.0954. The fourth-order valence-corrected chi connectivity index (χ4v) is 2.71. The van der Waals surface area contributed by atoms with E-state index in [4.69, 9.17) is 11.6 Å². The number of rotatable bonds is 4. The van der Waals surface area contributed by atoms with Crippen molar-refractivity contribution in [3.8, 4) is 11.8 Å². The topological polar surface area (TPSA) is 29.1 Å². The fraction of sp³-hybridized carbons (Fsp3) is 0.160. The molecule has 3 aromatic rings. The first-order chi connectivity index (χ1) is 13.7. The summed E-state index contributed by atoms with van der Waals surface area (Å²) in [5, 5.41) is 3.64. The number of hydrogen-bond acceptors (Lipinski definition) is 1. The zero-order valence-electron chi connectivity index (χ0n) is 16.2. The fourth-order valence-electron chi connectivity index (χ4n) is 2.48. The second-order valence-corrected chi connectivity index (χ2v) is 6.20. The molecule has 0 atom stereocenters. The van der Waals surface area contributed by atoms with E-state index in [1.54, 1.807) is 12.1 Å². The van der Waals surface area contributed by atoms with Crippen molar-refractivity contribution in [2.24, 2.45) is 0 Å². The average Bonchev–Trinajstić information content (AvgIpc) is 2.76. The molecule has 0 unspecified atom stereocenters. The molecule has 3 rings (SSSR count). The Morgan fingerprint density at radius 2 is 1.39 bits per heavy atom. The van der Waals surface area contributed by atoms with E-state index in [0.29, 0.717) is 18.5 Å². The van der Waals surface area contributed by atoms with Crippen molar-refractivity contribution in [2.45, 2.75) is 20.3 Å². The molecule has 3 heteroatoms. The van der Waals surface area contributed by atoms with Crippen molar-refractivity contribution < 1.29 is 4.79 Å². The molecule has 0 saturated heterocycles. The van der Waals surface area contributed by atoms with Gasteiger partial charge in [0.2, 0.25) is 0 Å². The van der Waals surface area contributed by atoms with E-state index >= 15 is 0 Å². The molecule has 1 amide bonds. The Bertz CT molecular complexity index is 938. The van der Waals surface area contributed by atoms with Gasteiger partial charge in [-0.25, -0.2) is 0 Å². The van der Waals surface area contributed by atoms with Gasteiger partial charge >= 0.3 is 0 Å². The Kier molecular flexibility index (Phi) is 8.85. The highest BCUT2D eigenvalue weighted by atomic mass is 35.5. The van der Waals surface area contributed by atoms with Crippen LogP contribution in [0.3, 0.4) is 0 Å². The molecular formula is C25H24ClNO. The number of carbonyl (C=O) groups excluding carboxylic acids is 1. The average molecular weight is 390 g/mol. The molecule has 0 bridgehead atoms. The zero-order chi connectivity index (χ0) is 20.2. The first-order valence-corrected chi connectivity index (χ1v) is 9.79. The summed E-state index contributed by atoms with van der Waals surface area (Å²) in [7, 11) is 0. The van der Waals surface area contributed by atoms with Crippen molar-refractivity contribution in [3.05, 3.63) is 106 Å². The summed E-state index contributed by atoms with van der Waals surface area (Å²) in [6.45, 7) is 4.54. The summed E-state index contributed by atoms with van der Waals surface area (Å²) in [4.78, 5) is 12.2. The van der Waals surface area contributed by atoms with Gasteiger partial charge in [0.25, 0.3) is 5.91 Å². The number of benzene rings is 3. The number of amides is 1. The summed E-state index contributed by atoms with van der Waals surface area (Å²) < 4.78 is 0. The van der Waals surface area contributed by atoms with Crippen LogP contribution in [0.15, 0.2) is 78.9 Å². The van der Waals surface area contributed by atoms with Crippen LogP contribution in [0, 0.1) is 11.8 Å². The Morgan fingerprint density at radius 3 is 2.04 bits per heavy atom. The van der Waals surface area contributed by atoms with Crippen LogP contribution < -0.4 is 5.32 Å². The molecule has 0 aliphatic rings. The van der Waals surface area contributed by atoms with E-state index in [2.05, 4.69) is 17.2 Å². The van der Waals surface area contributed by atoms with Gasteiger partial charge < -0.3 is 5.32 Å². The molecule has 0 heterocycles. The summed E-state index contributed by atoms with van der Waals surface area (Å²) in [5.74, 6) is 6.11. The highest BCUT2D eigenvalue weighted by molar-refractivity contribution is 6.31. The van der Waals surface area contributed by atoms with Crippen LogP contribution in [0.1, 0.15) is 40.9 Å². The van der Waals surface area contributed by atoms with E-state index in [9.17, 15) is 4.79 Å². The van der Waals surface area contributed by atoms with Crippen molar-refractivity contribution in [1.82, 2.24) is 5.32 Å². The Morgan fingerprint density at radius 1 is 0.821 bits per heavy atom. The van der Waals surface area contributed by atoms with Crippen LogP contribution in [0.25, 0.3) is 0 Å². The van der Waals surface area contributed by atoms with Gasteiger partial charge in [0.15, 0.2) is 0 Å². The summed E-state index contributed by atoms with van der Waals surface area (Å²) in [5.41, 5.74) is 3.49. The lowest BCUT2D eigenvalue weighted by Crippen LogP contribution is -2.25. The lowest BCUT2D eigenvalue weighted by Gasteiger charge is -2.07. The predicted molar refractivity (Wildman–Crippen MR) is 118 cm³/mol. The maximum atomic E-state index is 12.2. The van der Waals surface area contributed by atoms with Crippen molar-refractivity contribution in [3.63, 3.8) is 0 Å². The van der Waals surface area contributed by atoms with Crippen molar-refractivity contribution >= 4 is 17.5 Å². The molecule has 1 N–H and O–H groups in total. The Labute approximate surface area is 172 Å². The van der Waals surface area contributed by atoms with Crippen LogP contribution in [-0.4, -0.2) is 12.5 Å². The minimum atomic E-state index is -0.0976. The van der Waals surface area contributed by atoms with Crippen LogP contribution in [0.4, 0.5) is 0 Å². The Hall–Kier alpha value is -3.02. The van der Waals surface area contributed by atoms with Gasteiger partial charge in [-0.3, -0.25) is 4.79 Å². The zero-order valence-corrected chi connectivity index (χ0v) is 17.0. The monoisotopic (exact) mass is 389 g/mol. The van der Waals surface area contributed by atoms with Gasteiger partial charge in [-0.1, -0.05) is 73.7 Å².